The van der Waals surface area contributed by atoms with E-state index in [4.69, 9.17) is 14.6 Å². The van der Waals surface area contributed by atoms with Gasteiger partial charge in [0.25, 0.3) is 5.22 Å². The lowest BCUT2D eigenvalue weighted by Gasteiger charge is -2.08. The normalized spacial score (nSPS) is 12.9. The van der Waals surface area contributed by atoms with Gasteiger partial charge < -0.3 is 14.6 Å². The summed E-state index contributed by atoms with van der Waals surface area (Å²) in [5.74, 6) is 1.75. The number of nitrogens with zero attached hydrogens (tertiary/aromatic N) is 1. The molecule has 15 heavy (non-hydrogen) atoms. The van der Waals surface area contributed by atoms with Crippen molar-refractivity contribution in [3.8, 4) is 0 Å². The molecular weight excluding hydrogens is 212 g/mol. The van der Waals surface area contributed by atoms with Crippen molar-refractivity contribution in [2.75, 3.05) is 6.54 Å². The lowest BCUT2D eigenvalue weighted by molar-refractivity contribution is 0.448. The molecule has 0 amide bonds. The molecule has 0 saturated carbocycles. The molecule has 5 heteroatoms. The average Bonchev–Trinajstić information content (AvgIpc) is 2.85. The van der Waals surface area contributed by atoms with E-state index in [0.29, 0.717) is 11.8 Å². The van der Waals surface area contributed by atoms with Crippen molar-refractivity contribution in [2.45, 2.75) is 17.4 Å². The Morgan fingerprint density at radius 3 is 2.93 bits per heavy atom. The van der Waals surface area contributed by atoms with E-state index >= 15 is 0 Å². The molecule has 0 aliphatic rings. The van der Waals surface area contributed by atoms with E-state index in [1.54, 1.807) is 12.5 Å². The topological polar surface area (TPSA) is 65.2 Å². The highest BCUT2D eigenvalue weighted by Crippen LogP contribution is 2.34. The Morgan fingerprint density at radius 1 is 1.53 bits per heavy atom. The number of hydrogen-bond donors (Lipinski definition) is 1. The summed E-state index contributed by atoms with van der Waals surface area (Å²) in [6.07, 6.45) is 3.16. The molecule has 2 rings (SSSR count). The number of hydrogen-bond acceptors (Lipinski definition) is 5. The Balaban J connectivity index is 2.11. The monoisotopic (exact) mass is 224 g/mol. The van der Waals surface area contributed by atoms with Gasteiger partial charge in [0.1, 0.15) is 17.8 Å². The number of thioether (sulfide) groups is 1. The van der Waals surface area contributed by atoms with Crippen molar-refractivity contribution in [2.24, 2.45) is 5.73 Å². The van der Waals surface area contributed by atoms with E-state index in [0.717, 1.165) is 11.5 Å². The molecule has 2 aromatic heterocycles. The van der Waals surface area contributed by atoms with E-state index < -0.39 is 0 Å². The zero-order valence-corrected chi connectivity index (χ0v) is 9.16. The summed E-state index contributed by atoms with van der Waals surface area (Å²) < 4.78 is 10.7. The number of furan rings is 1. The SMILES string of the molecule is Cc1ccc(C(CN)Sc2ncco2)o1. The molecule has 2 aromatic rings. The highest BCUT2D eigenvalue weighted by Gasteiger charge is 2.17. The zero-order chi connectivity index (χ0) is 10.7. The van der Waals surface area contributed by atoms with Crippen LogP contribution in [0.5, 0.6) is 0 Å². The Morgan fingerprint density at radius 2 is 2.40 bits per heavy atom. The number of nitrogens with two attached hydrogens (primary N) is 1. The van der Waals surface area contributed by atoms with Gasteiger partial charge in [-0.1, -0.05) is 11.8 Å². The summed E-state index contributed by atoms with van der Waals surface area (Å²) in [7, 11) is 0. The van der Waals surface area contributed by atoms with E-state index in [1.165, 1.54) is 11.8 Å². The van der Waals surface area contributed by atoms with Gasteiger partial charge in [-0.2, -0.15) is 0 Å². The predicted molar refractivity (Wildman–Crippen MR) is 57.6 cm³/mol. The van der Waals surface area contributed by atoms with Crippen molar-refractivity contribution in [1.82, 2.24) is 4.98 Å². The molecule has 0 saturated heterocycles. The highest BCUT2D eigenvalue weighted by molar-refractivity contribution is 7.99. The number of oxazole rings is 1. The predicted octanol–water partition coefficient (Wildman–Crippen LogP) is 2.37. The van der Waals surface area contributed by atoms with Crippen molar-refractivity contribution in [3.05, 3.63) is 36.1 Å². The van der Waals surface area contributed by atoms with Gasteiger partial charge in [-0.05, 0) is 19.1 Å². The first kappa shape index (κ1) is 10.3. The van der Waals surface area contributed by atoms with Crippen LogP contribution in [-0.2, 0) is 0 Å². The summed E-state index contributed by atoms with van der Waals surface area (Å²) in [6.45, 7) is 2.40. The standard InChI is InChI=1S/C10H12N2O2S/c1-7-2-3-8(14-7)9(6-11)15-10-12-4-5-13-10/h2-5,9H,6,11H2,1H3. The second-order valence-corrected chi connectivity index (χ2v) is 4.24. The van der Waals surface area contributed by atoms with Crippen LogP contribution in [0.4, 0.5) is 0 Å². The fourth-order valence-corrected chi connectivity index (χ4v) is 2.05. The molecule has 1 unspecified atom stereocenters. The molecular formula is C10H12N2O2S. The van der Waals surface area contributed by atoms with Crippen LogP contribution in [-0.4, -0.2) is 11.5 Å². The van der Waals surface area contributed by atoms with Gasteiger partial charge in [-0.25, -0.2) is 4.98 Å². The minimum Gasteiger partial charge on any atom is -0.465 e. The molecule has 0 bridgehead atoms. The molecule has 0 fully saturated rings. The van der Waals surface area contributed by atoms with Gasteiger partial charge in [0.15, 0.2) is 0 Å². The fraction of sp³-hybridized carbons (Fsp3) is 0.300. The smallest absolute Gasteiger partial charge is 0.256 e. The molecule has 0 radical (unpaired) electrons. The largest absolute Gasteiger partial charge is 0.465 e. The summed E-state index contributed by atoms with van der Waals surface area (Å²) >= 11 is 1.47. The summed E-state index contributed by atoms with van der Waals surface area (Å²) in [6, 6.07) is 3.86. The molecule has 0 aliphatic carbocycles. The molecule has 80 valence electrons. The van der Waals surface area contributed by atoms with Gasteiger partial charge in [-0.15, -0.1) is 0 Å². The Hall–Kier alpha value is -1.20. The Labute approximate surface area is 91.9 Å². The Kier molecular flexibility index (Phi) is 3.13. The third-order valence-electron chi connectivity index (χ3n) is 1.95. The van der Waals surface area contributed by atoms with Crippen LogP contribution in [0.2, 0.25) is 0 Å². The van der Waals surface area contributed by atoms with Crippen molar-refractivity contribution in [1.29, 1.82) is 0 Å². The molecule has 4 nitrogen and oxygen atoms in total. The molecule has 0 spiro atoms. The number of aromatic nitrogens is 1. The van der Waals surface area contributed by atoms with Crippen LogP contribution < -0.4 is 5.73 Å². The van der Waals surface area contributed by atoms with Crippen LogP contribution in [0, 0.1) is 6.92 Å². The quantitative estimate of drug-likeness (QED) is 0.808. The molecule has 0 aromatic carbocycles. The average molecular weight is 224 g/mol. The third kappa shape index (κ3) is 2.43. The van der Waals surface area contributed by atoms with Crippen LogP contribution in [0.15, 0.2) is 38.6 Å². The minimum atomic E-state index is 0.0531. The molecule has 0 aliphatic heterocycles. The first-order valence-electron chi connectivity index (χ1n) is 4.62. The van der Waals surface area contributed by atoms with Gasteiger partial charge >= 0.3 is 0 Å². The maximum absolute atomic E-state index is 5.68. The summed E-state index contributed by atoms with van der Waals surface area (Å²) in [5, 5.41) is 0.664. The van der Waals surface area contributed by atoms with E-state index in [2.05, 4.69) is 4.98 Å². The molecule has 2 heterocycles. The maximum Gasteiger partial charge on any atom is 0.256 e. The zero-order valence-electron chi connectivity index (χ0n) is 8.34. The highest BCUT2D eigenvalue weighted by atomic mass is 32.2. The third-order valence-corrected chi connectivity index (χ3v) is 3.06. The number of aryl methyl sites for hydroxylation is 1. The minimum absolute atomic E-state index is 0.0531. The van der Waals surface area contributed by atoms with Crippen LogP contribution in [0.3, 0.4) is 0 Å². The van der Waals surface area contributed by atoms with E-state index in [9.17, 15) is 0 Å². The van der Waals surface area contributed by atoms with Crippen molar-refractivity contribution in [3.63, 3.8) is 0 Å². The lowest BCUT2D eigenvalue weighted by Crippen LogP contribution is -2.08. The number of rotatable bonds is 4. The fourth-order valence-electron chi connectivity index (χ4n) is 1.24. The van der Waals surface area contributed by atoms with Crippen molar-refractivity contribution >= 4 is 11.8 Å². The summed E-state index contributed by atoms with van der Waals surface area (Å²) in [5.41, 5.74) is 5.68. The Bertz CT molecular complexity index is 411. The van der Waals surface area contributed by atoms with Crippen LogP contribution >= 0.6 is 11.8 Å². The van der Waals surface area contributed by atoms with Gasteiger partial charge in [0.2, 0.25) is 0 Å². The second kappa shape index (κ2) is 4.55. The molecule has 1 atom stereocenters. The molecule has 2 N–H and O–H groups in total. The van der Waals surface area contributed by atoms with Crippen LogP contribution in [0.25, 0.3) is 0 Å². The van der Waals surface area contributed by atoms with Crippen molar-refractivity contribution < 1.29 is 8.83 Å². The van der Waals surface area contributed by atoms with E-state index in [-0.39, 0.29) is 5.25 Å². The first-order chi connectivity index (χ1) is 7.29. The second-order valence-electron chi connectivity index (χ2n) is 3.09. The summed E-state index contributed by atoms with van der Waals surface area (Å²) in [4.78, 5) is 4.04. The van der Waals surface area contributed by atoms with E-state index in [1.807, 2.05) is 19.1 Å². The van der Waals surface area contributed by atoms with Gasteiger partial charge in [0.05, 0.1) is 11.4 Å². The lowest BCUT2D eigenvalue weighted by atomic mass is 10.3. The van der Waals surface area contributed by atoms with Gasteiger partial charge in [0, 0.05) is 6.54 Å². The first-order valence-corrected chi connectivity index (χ1v) is 5.50. The van der Waals surface area contributed by atoms with Crippen LogP contribution in [0.1, 0.15) is 16.8 Å². The maximum atomic E-state index is 5.68. The van der Waals surface area contributed by atoms with Gasteiger partial charge in [-0.3, -0.25) is 0 Å².